The molecule has 0 bridgehead atoms. The molecule has 0 spiro atoms. The molecule has 0 aliphatic carbocycles. The van der Waals surface area contributed by atoms with E-state index in [1.807, 2.05) is 0 Å². The Morgan fingerprint density at radius 1 is 1.37 bits per heavy atom. The van der Waals surface area contributed by atoms with Crippen LogP contribution in [0.1, 0.15) is 49.7 Å². The zero-order valence-corrected chi connectivity index (χ0v) is 13.6. The number of nitrogens with zero attached hydrogens (tertiary/aromatic N) is 1. The van der Waals surface area contributed by atoms with E-state index < -0.39 is 10.0 Å². The Morgan fingerprint density at radius 2 is 2.00 bits per heavy atom. The number of primary sulfonamides is 1. The maximum atomic E-state index is 11.2. The van der Waals surface area contributed by atoms with Gasteiger partial charge in [0.15, 0.2) is 0 Å². The van der Waals surface area contributed by atoms with Crippen LogP contribution < -0.4 is 10.5 Å². The van der Waals surface area contributed by atoms with Crippen molar-refractivity contribution >= 4 is 21.4 Å². The topological polar surface area (TPSA) is 85.1 Å². The number of rotatable bonds is 6. The van der Waals surface area contributed by atoms with Crippen LogP contribution in [0.15, 0.2) is 0 Å². The molecule has 19 heavy (non-hydrogen) atoms. The maximum Gasteiger partial charge on any atom is 0.215 e. The van der Waals surface area contributed by atoms with Gasteiger partial charge in [-0.2, -0.15) is 0 Å². The van der Waals surface area contributed by atoms with Gasteiger partial charge in [0.1, 0.15) is 10.8 Å². The summed E-state index contributed by atoms with van der Waals surface area (Å²) >= 11 is 1.43. The van der Waals surface area contributed by atoms with Crippen molar-refractivity contribution in [2.45, 2.75) is 51.8 Å². The largest absolute Gasteiger partial charge is 0.312 e. The Morgan fingerprint density at radius 3 is 2.47 bits per heavy atom. The van der Waals surface area contributed by atoms with Gasteiger partial charge in [0.05, 0.1) is 5.69 Å². The van der Waals surface area contributed by atoms with Gasteiger partial charge in [-0.3, -0.25) is 0 Å². The van der Waals surface area contributed by atoms with Gasteiger partial charge in [-0.05, 0) is 13.0 Å². The quantitative estimate of drug-likeness (QED) is 0.784. The Labute approximate surface area is 119 Å². The van der Waals surface area contributed by atoms with Crippen LogP contribution in [0.3, 0.4) is 0 Å². The molecule has 3 N–H and O–H groups in total. The normalized spacial score (nSPS) is 12.9. The van der Waals surface area contributed by atoms with Gasteiger partial charge in [0, 0.05) is 16.8 Å². The molecule has 110 valence electrons. The molecular formula is C12H23N3O2S2. The van der Waals surface area contributed by atoms with E-state index in [2.05, 4.69) is 38.0 Å². The van der Waals surface area contributed by atoms with Crippen molar-refractivity contribution in [2.24, 2.45) is 5.14 Å². The van der Waals surface area contributed by atoms with Crippen molar-refractivity contribution in [3.8, 4) is 0 Å². The summed E-state index contributed by atoms with van der Waals surface area (Å²) in [7, 11) is -3.52. The smallest absolute Gasteiger partial charge is 0.215 e. The van der Waals surface area contributed by atoms with Gasteiger partial charge in [-0.1, -0.05) is 27.7 Å². The molecule has 1 rings (SSSR count). The van der Waals surface area contributed by atoms with E-state index in [9.17, 15) is 8.42 Å². The van der Waals surface area contributed by atoms with E-state index in [1.54, 1.807) is 0 Å². The second-order valence-electron chi connectivity index (χ2n) is 5.61. The second-order valence-corrected chi connectivity index (χ2v) is 8.40. The van der Waals surface area contributed by atoms with Crippen LogP contribution in [0.2, 0.25) is 0 Å². The monoisotopic (exact) mass is 305 g/mol. The minimum Gasteiger partial charge on any atom is -0.312 e. The second kappa shape index (κ2) is 6.30. The zero-order valence-electron chi connectivity index (χ0n) is 12.0. The minimum atomic E-state index is -3.52. The van der Waals surface area contributed by atoms with Gasteiger partial charge in [0.25, 0.3) is 0 Å². The average Bonchev–Trinajstić information content (AvgIpc) is 2.58. The number of sulfonamides is 1. The molecule has 1 heterocycles. The molecule has 0 atom stereocenters. The maximum absolute atomic E-state index is 11.2. The summed E-state index contributed by atoms with van der Waals surface area (Å²) in [4.78, 5) is 5.56. The summed E-state index contributed by atoms with van der Waals surface area (Å²) in [6, 6.07) is 0. The highest BCUT2D eigenvalue weighted by Gasteiger charge is 2.24. The van der Waals surface area contributed by atoms with Crippen molar-refractivity contribution in [1.29, 1.82) is 0 Å². The lowest BCUT2D eigenvalue weighted by molar-refractivity contribution is 0.557. The predicted octanol–water partition coefficient (Wildman–Crippen LogP) is 1.73. The lowest BCUT2D eigenvalue weighted by Crippen LogP contribution is -2.19. The fourth-order valence-corrected chi connectivity index (χ4v) is 3.90. The van der Waals surface area contributed by atoms with Crippen LogP contribution in [-0.2, 0) is 27.7 Å². The van der Waals surface area contributed by atoms with Gasteiger partial charge in [0.2, 0.25) is 10.0 Å². The fourth-order valence-electron chi connectivity index (χ4n) is 1.72. The minimum absolute atomic E-state index is 0.101. The molecule has 1 aromatic rings. The third-order valence-electron chi connectivity index (χ3n) is 2.49. The third-order valence-corrected chi connectivity index (χ3v) is 4.40. The molecular weight excluding hydrogens is 282 g/mol. The first-order valence-corrected chi connectivity index (χ1v) is 8.87. The first-order chi connectivity index (χ1) is 8.63. The van der Waals surface area contributed by atoms with E-state index in [0.717, 1.165) is 30.1 Å². The van der Waals surface area contributed by atoms with Crippen molar-refractivity contribution in [3.05, 3.63) is 15.6 Å². The van der Waals surface area contributed by atoms with Gasteiger partial charge in [-0.25, -0.2) is 18.5 Å². The highest BCUT2D eigenvalue weighted by atomic mass is 32.2. The van der Waals surface area contributed by atoms with E-state index >= 15 is 0 Å². The molecule has 0 aliphatic rings. The number of nitrogens with one attached hydrogen (secondary N) is 1. The average molecular weight is 305 g/mol. The van der Waals surface area contributed by atoms with Crippen LogP contribution in [0.25, 0.3) is 0 Å². The van der Waals surface area contributed by atoms with Gasteiger partial charge in [-0.15, -0.1) is 11.3 Å². The summed E-state index contributed by atoms with van der Waals surface area (Å²) < 4.78 is 22.3. The van der Waals surface area contributed by atoms with Crippen molar-refractivity contribution < 1.29 is 8.42 Å². The summed E-state index contributed by atoms with van der Waals surface area (Å²) in [6.07, 6.45) is 1.06. The van der Waals surface area contributed by atoms with Crippen LogP contribution in [-0.4, -0.2) is 19.9 Å². The van der Waals surface area contributed by atoms with Crippen LogP contribution >= 0.6 is 11.3 Å². The van der Waals surface area contributed by atoms with E-state index in [0.29, 0.717) is 5.01 Å². The van der Waals surface area contributed by atoms with Crippen LogP contribution in [0.4, 0.5) is 0 Å². The van der Waals surface area contributed by atoms with Crippen LogP contribution in [0, 0.1) is 0 Å². The third kappa shape index (κ3) is 5.56. The molecule has 0 aromatic carbocycles. The SMILES string of the molecule is CCCNCc1sc(CS(N)(=O)=O)nc1C(C)(C)C. The molecule has 1 aromatic heterocycles. The van der Waals surface area contributed by atoms with Crippen molar-refractivity contribution in [3.63, 3.8) is 0 Å². The predicted molar refractivity (Wildman–Crippen MR) is 79.6 cm³/mol. The molecule has 0 aliphatic heterocycles. The van der Waals surface area contributed by atoms with Crippen molar-refractivity contribution in [1.82, 2.24) is 10.3 Å². The van der Waals surface area contributed by atoms with Gasteiger partial charge < -0.3 is 5.32 Å². The van der Waals surface area contributed by atoms with E-state index in [1.165, 1.54) is 11.3 Å². The van der Waals surface area contributed by atoms with Crippen molar-refractivity contribution in [2.75, 3.05) is 6.54 Å². The Bertz CT molecular complexity index is 516. The highest BCUT2D eigenvalue weighted by molar-refractivity contribution is 7.88. The number of thiazole rings is 1. The zero-order chi connectivity index (χ0) is 14.7. The van der Waals surface area contributed by atoms with Crippen LogP contribution in [0.5, 0.6) is 0 Å². The Hall–Kier alpha value is -0.500. The lowest BCUT2D eigenvalue weighted by Gasteiger charge is -2.17. The first-order valence-electron chi connectivity index (χ1n) is 6.33. The molecule has 0 amide bonds. The summed E-state index contributed by atoms with van der Waals surface area (Å²) in [5, 5.41) is 8.98. The molecule has 5 nitrogen and oxygen atoms in total. The standard InChI is InChI=1S/C12H23N3O2S2/c1-5-6-14-7-9-11(12(2,3)4)15-10(18-9)8-19(13,16)17/h14H,5-8H2,1-4H3,(H2,13,16,17). The summed E-state index contributed by atoms with van der Waals surface area (Å²) in [5.41, 5.74) is 0.857. The number of hydrogen-bond acceptors (Lipinski definition) is 5. The Balaban J connectivity index is 2.99. The molecule has 7 heteroatoms. The first kappa shape index (κ1) is 16.6. The highest BCUT2D eigenvalue weighted by Crippen LogP contribution is 2.30. The van der Waals surface area contributed by atoms with E-state index in [4.69, 9.17) is 5.14 Å². The summed E-state index contributed by atoms with van der Waals surface area (Å²) in [5.74, 6) is -0.186. The molecule has 0 saturated heterocycles. The summed E-state index contributed by atoms with van der Waals surface area (Å²) in [6.45, 7) is 10.00. The Kier molecular flexibility index (Phi) is 5.49. The molecule has 0 unspecified atom stereocenters. The molecule has 0 saturated carbocycles. The lowest BCUT2D eigenvalue weighted by atomic mass is 9.91. The van der Waals surface area contributed by atoms with Gasteiger partial charge >= 0.3 is 0 Å². The number of hydrogen-bond donors (Lipinski definition) is 2. The number of nitrogens with two attached hydrogens (primary N) is 1. The fraction of sp³-hybridized carbons (Fsp3) is 0.750. The molecule has 0 radical (unpaired) electrons. The van der Waals surface area contributed by atoms with E-state index in [-0.39, 0.29) is 11.2 Å². The number of aromatic nitrogens is 1. The molecule has 0 fully saturated rings.